The Kier molecular flexibility index (Phi) is 4.48. The highest BCUT2D eigenvalue weighted by atomic mass is 35.5. The number of hydrogen-bond acceptors (Lipinski definition) is 6. The van der Waals surface area contributed by atoms with Gasteiger partial charge in [0.2, 0.25) is 0 Å². The molecule has 0 aliphatic carbocycles. The first-order valence-corrected chi connectivity index (χ1v) is 9.25. The number of hydrogen-bond donors (Lipinski definition) is 1. The predicted octanol–water partition coefficient (Wildman–Crippen LogP) is 2.96. The summed E-state index contributed by atoms with van der Waals surface area (Å²) in [6, 6.07) is 2.35. The average molecular weight is 404 g/mol. The highest BCUT2D eigenvalue weighted by Crippen LogP contribution is 2.41. The normalized spacial score (nSPS) is 17.9. The molecule has 1 aliphatic rings. The van der Waals surface area contributed by atoms with Crippen molar-refractivity contribution in [2.75, 3.05) is 24.7 Å². The number of ether oxygens (including phenoxy) is 1. The van der Waals surface area contributed by atoms with E-state index in [4.69, 9.17) is 21.3 Å². The number of anilines is 1. The van der Waals surface area contributed by atoms with E-state index >= 15 is 0 Å². The number of morpholine rings is 1. The average Bonchev–Trinajstić information content (AvgIpc) is 3.27. The Morgan fingerprint density at radius 2 is 2.21 bits per heavy atom. The fourth-order valence-corrected chi connectivity index (χ4v) is 3.97. The minimum atomic E-state index is -0.900. The minimum Gasteiger partial charge on any atom is -0.377 e. The number of nitriles is 1. The van der Waals surface area contributed by atoms with Crippen molar-refractivity contribution in [2.24, 2.45) is 0 Å². The second kappa shape index (κ2) is 6.72. The van der Waals surface area contributed by atoms with Gasteiger partial charge in [-0.05, 0) is 20.8 Å². The molecule has 146 valence electrons. The van der Waals surface area contributed by atoms with Crippen LogP contribution in [-0.4, -0.2) is 50.8 Å². The molecule has 0 saturated carbocycles. The van der Waals surface area contributed by atoms with Crippen molar-refractivity contribution in [3.8, 4) is 11.9 Å². The van der Waals surface area contributed by atoms with Gasteiger partial charge in [-0.25, -0.2) is 9.37 Å². The minimum absolute atomic E-state index is 0.0505. The van der Waals surface area contributed by atoms with Crippen LogP contribution in [0.3, 0.4) is 0 Å². The first-order chi connectivity index (χ1) is 13.3. The van der Waals surface area contributed by atoms with Gasteiger partial charge in [0.1, 0.15) is 0 Å². The number of fused-ring (bicyclic) bond motifs is 1. The summed E-state index contributed by atoms with van der Waals surface area (Å²) in [6.07, 6.45) is 2.62. The number of halogens is 2. The molecule has 0 radical (unpaired) electrons. The Balaban J connectivity index is 2.03. The summed E-state index contributed by atoms with van der Waals surface area (Å²) in [5.74, 6) is 0.0561. The Bertz CT molecular complexity index is 1080. The molecule has 1 fully saturated rings. The second-order valence-electron chi connectivity index (χ2n) is 7.34. The summed E-state index contributed by atoms with van der Waals surface area (Å²) >= 11 is 6.79. The maximum absolute atomic E-state index is 14.2. The molecule has 1 atom stereocenters. The van der Waals surface area contributed by atoms with Gasteiger partial charge < -0.3 is 9.64 Å². The molecule has 10 heteroatoms. The van der Waals surface area contributed by atoms with E-state index < -0.39 is 11.2 Å². The van der Waals surface area contributed by atoms with Crippen molar-refractivity contribution in [1.29, 1.82) is 5.26 Å². The molecule has 0 spiro atoms. The van der Waals surface area contributed by atoms with Crippen LogP contribution in [0.2, 0.25) is 5.02 Å². The third-order valence-corrected chi connectivity index (χ3v) is 5.33. The Morgan fingerprint density at radius 1 is 1.43 bits per heavy atom. The van der Waals surface area contributed by atoms with Gasteiger partial charge in [0.05, 0.1) is 48.2 Å². The number of aromatic nitrogens is 5. The van der Waals surface area contributed by atoms with Gasteiger partial charge in [-0.15, -0.1) is 0 Å². The molecule has 3 aromatic heterocycles. The topological polar surface area (TPSA) is 95.7 Å². The lowest BCUT2D eigenvalue weighted by atomic mass is 9.85. The quantitative estimate of drug-likeness (QED) is 0.722. The fraction of sp³-hybridized carbons (Fsp3) is 0.444. The van der Waals surface area contributed by atoms with E-state index in [1.54, 1.807) is 20.0 Å². The molecule has 0 amide bonds. The van der Waals surface area contributed by atoms with Gasteiger partial charge in [-0.3, -0.25) is 5.10 Å². The summed E-state index contributed by atoms with van der Waals surface area (Å²) in [5, 5.41) is 21.3. The second-order valence-corrected chi connectivity index (χ2v) is 7.72. The van der Waals surface area contributed by atoms with Crippen LogP contribution in [0.4, 0.5) is 10.2 Å². The van der Waals surface area contributed by atoms with Crippen LogP contribution in [0.1, 0.15) is 26.3 Å². The molecule has 1 N–H and O–H groups in total. The van der Waals surface area contributed by atoms with Crippen molar-refractivity contribution in [2.45, 2.75) is 32.2 Å². The van der Waals surface area contributed by atoms with Gasteiger partial charge in [-0.2, -0.15) is 20.1 Å². The maximum atomic E-state index is 14.2. The van der Waals surface area contributed by atoms with Crippen LogP contribution in [-0.2, 0) is 10.2 Å². The van der Waals surface area contributed by atoms with E-state index in [0.29, 0.717) is 47.2 Å². The van der Waals surface area contributed by atoms with Crippen molar-refractivity contribution in [3.05, 3.63) is 28.8 Å². The third kappa shape index (κ3) is 2.80. The lowest BCUT2D eigenvalue weighted by molar-refractivity contribution is 0.0985. The number of H-pyrrole nitrogens is 1. The van der Waals surface area contributed by atoms with Crippen LogP contribution in [0.5, 0.6) is 0 Å². The molecular weight excluding hydrogens is 385 g/mol. The van der Waals surface area contributed by atoms with Crippen LogP contribution in [0.15, 0.2) is 12.4 Å². The highest BCUT2D eigenvalue weighted by Gasteiger charge is 2.33. The number of pyridine rings is 1. The van der Waals surface area contributed by atoms with Crippen molar-refractivity contribution >= 4 is 28.5 Å². The van der Waals surface area contributed by atoms with E-state index in [-0.39, 0.29) is 11.9 Å². The van der Waals surface area contributed by atoms with Crippen molar-refractivity contribution in [1.82, 2.24) is 25.0 Å². The molecule has 3 aromatic rings. The van der Waals surface area contributed by atoms with Crippen LogP contribution in [0, 0.1) is 17.1 Å². The van der Waals surface area contributed by atoms with Crippen molar-refractivity contribution in [3.63, 3.8) is 0 Å². The number of rotatable bonds is 3. The summed E-state index contributed by atoms with van der Waals surface area (Å²) in [4.78, 5) is 6.77. The summed E-state index contributed by atoms with van der Waals surface area (Å²) in [5.41, 5.74) is 0.115. The van der Waals surface area contributed by atoms with Crippen LogP contribution < -0.4 is 4.90 Å². The molecule has 0 aromatic carbocycles. The van der Waals surface area contributed by atoms with Gasteiger partial charge in [0.25, 0.3) is 0 Å². The van der Waals surface area contributed by atoms with E-state index in [1.165, 1.54) is 4.68 Å². The predicted molar refractivity (Wildman–Crippen MR) is 102 cm³/mol. The van der Waals surface area contributed by atoms with Crippen LogP contribution >= 0.6 is 11.6 Å². The van der Waals surface area contributed by atoms with Gasteiger partial charge >= 0.3 is 0 Å². The molecule has 0 bridgehead atoms. The Labute approximate surface area is 165 Å². The van der Waals surface area contributed by atoms with E-state index in [0.717, 1.165) is 6.20 Å². The zero-order valence-electron chi connectivity index (χ0n) is 15.7. The molecule has 1 aliphatic heterocycles. The summed E-state index contributed by atoms with van der Waals surface area (Å²) in [7, 11) is 0. The molecule has 0 unspecified atom stereocenters. The van der Waals surface area contributed by atoms with Crippen LogP contribution in [0.25, 0.3) is 16.9 Å². The Morgan fingerprint density at radius 3 is 2.86 bits per heavy atom. The third-order valence-electron chi connectivity index (χ3n) is 4.97. The van der Waals surface area contributed by atoms with Gasteiger partial charge in [0, 0.05) is 17.5 Å². The monoisotopic (exact) mass is 403 g/mol. The zero-order chi connectivity index (χ0) is 20.1. The summed E-state index contributed by atoms with van der Waals surface area (Å²) < 4.78 is 21.0. The number of aromatic amines is 1. The van der Waals surface area contributed by atoms with Gasteiger partial charge in [-0.1, -0.05) is 11.6 Å². The molecule has 1 saturated heterocycles. The number of nitrogens with zero attached hydrogens (tertiary/aromatic N) is 6. The maximum Gasteiger partial charge on any atom is 0.188 e. The molecule has 4 heterocycles. The zero-order valence-corrected chi connectivity index (χ0v) is 16.5. The number of nitrogens with one attached hydrogen (secondary N) is 1. The van der Waals surface area contributed by atoms with E-state index in [2.05, 4.69) is 21.4 Å². The van der Waals surface area contributed by atoms with E-state index in [9.17, 15) is 9.65 Å². The highest BCUT2D eigenvalue weighted by molar-refractivity contribution is 6.35. The standard InChI is InChI=1S/C18H19ClFN7O/c1-10-8-28-5-4-26(10)17-14(19)13(18(2,3)9-21)11-6-23-27(15(11)24-17)16-12(20)7-22-25-16/h6-7,10H,4-5,8H2,1-3H3,(H,22,25)/t10-/m1/s1. The first kappa shape index (κ1) is 18.7. The lowest BCUT2D eigenvalue weighted by Crippen LogP contribution is -2.44. The fourth-order valence-electron chi connectivity index (χ4n) is 3.48. The largest absolute Gasteiger partial charge is 0.377 e. The Hall–Kier alpha value is -2.70. The van der Waals surface area contributed by atoms with Crippen molar-refractivity contribution < 1.29 is 9.13 Å². The molecule has 28 heavy (non-hydrogen) atoms. The molecule has 8 nitrogen and oxygen atoms in total. The SMILES string of the molecule is C[C@@H]1COCCN1c1nc2c(cnn2-c2[nH]ncc2F)c(C(C)(C)C#N)c1Cl. The smallest absolute Gasteiger partial charge is 0.188 e. The molecule has 4 rings (SSSR count). The lowest BCUT2D eigenvalue weighted by Gasteiger charge is -2.35. The first-order valence-electron chi connectivity index (χ1n) is 8.87. The van der Waals surface area contributed by atoms with E-state index in [1.807, 2.05) is 11.8 Å². The molecular formula is C18H19ClFN7O. The summed E-state index contributed by atoms with van der Waals surface area (Å²) in [6.45, 7) is 7.29. The van der Waals surface area contributed by atoms with Gasteiger partial charge in [0.15, 0.2) is 23.1 Å².